The van der Waals surface area contributed by atoms with E-state index in [0.29, 0.717) is 18.8 Å². The van der Waals surface area contributed by atoms with Gasteiger partial charge in [0.05, 0.1) is 5.56 Å². The normalized spacial score (nSPS) is 22.5. The quantitative estimate of drug-likeness (QED) is 0.371. The van der Waals surface area contributed by atoms with Gasteiger partial charge in [-0.15, -0.1) is 0 Å². The highest BCUT2D eigenvalue weighted by Gasteiger charge is 2.53. The van der Waals surface area contributed by atoms with Crippen molar-refractivity contribution in [2.75, 3.05) is 18.5 Å². The largest absolute Gasteiger partial charge is 0.456 e. The van der Waals surface area contributed by atoms with Gasteiger partial charge >= 0.3 is 12.0 Å². The molecular formula is C24H30FN3O6. The van der Waals surface area contributed by atoms with E-state index in [1.165, 1.54) is 19.1 Å². The van der Waals surface area contributed by atoms with Gasteiger partial charge in [-0.25, -0.2) is 9.18 Å². The third-order valence-corrected chi connectivity index (χ3v) is 6.55. The molecule has 1 aliphatic carbocycles. The number of hydrogen-bond acceptors (Lipinski definition) is 6. The van der Waals surface area contributed by atoms with Gasteiger partial charge in [0, 0.05) is 12.6 Å². The second-order valence-corrected chi connectivity index (χ2v) is 10.0. The molecule has 0 radical (unpaired) electrons. The number of amides is 4. The van der Waals surface area contributed by atoms with Crippen LogP contribution < -0.4 is 10.6 Å². The lowest BCUT2D eigenvalue weighted by Crippen LogP contribution is -2.50. The monoisotopic (exact) mass is 475 g/mol. The first-order valence-electron chi connectivity index (χ1n) is 11.2. The van der Waals surface area contributed by atoms with Crippen LogP contribution in [0.5, 0.6) is 0 Å². The van der Waals surface area contributed by atoms with Crippen LogP contribution in [0.15, 0.2) is 18.2 Å². The molecule has 1 heterocycles. The highest BCUT2D eigenvalue weighted by atomic mass is 19.1. The van der Waals surface area contributed by atoms with E-state index < -0.39 is 54.1 Å². The van der Waals surface area contributed by atoms with Gasteiger partial charge in [0.1, 0.15) is 17.9 Å². The summed E-state index contributed by atoms with van der Waals surface area (Å²) in [4.78, 5) is 61.8. The summed E-state index contributed by atoms with van der Waals surface area (Å²) in [5.41, 5.74) is -1.03. The number of Topliss-reactive ketones (excluding diaryl/α,β-unsaturated/α-hetero) is 1. The van der Waals surface area contributed by atoms with Crippen molar-refractivity contribution in [2.45, 2.75) is 58.9 Å². The number of carbonyl (C=O) groups excluding carboxylic acids is 5. The van der Waals surface area contributed by atoms with Crippen molar-refractivity contribution >= 4 is 35.3 Å². The third-order valence-electron chi connectivity index (χ3n) is 6.55. The number of ether oxygens (including phenoxy) is 1. The minimum Gasteiger partial charge on any atom is -0.456 e. The molecule has 1 aromatic carbocycles. The summed E-state index contributed by atoms with van der Waals surface area (Å²) < 4.78 is 19.1. The zero-order valence-corrected chi connectivity index (χ0v) is 19.8. The van der Waals surface area contributed by atoms with Crippen molar-refractivity contribution in [3.8, 4) is 0 Å². The van der Waals surface area contributed by atoms with E-state index in [9.17, 15) is 28.4 Å². The number of halogens is 1. The van der Waals surface area contributed by atoms with Gasteiger partial charge in [-0.2, -0.15) is 0 Å². The van der Waals surface area contributed by atoms with E-state index in [0.717, 1.165) is 23.8 Å². The molecule has 1 aliphatic heterocycles. The van der Waals surface area contributed by atoms with Gasteiger partial charge in [0.25, 0.3) is 5.91 Å². The lowest BCUT2D eigenvalue weighted by Gasteiger charge is -2.40. The molecule has 1 spiro atoms. The fraction of sp³-hybridized carbons (Fsp3) is 0.542. The Labute approximate surface area is 197 Å². The van der Waals surface area contributed by atoms with Gasteiger partial charge in [0.15, 0.2) is 6.61 Å². The molecule has 0 atom stereocenters. The van der Waals surface area contributed by atoms with Gasteiger partial charge in [0.2, 0.25) is 11.7 Å². The van der Waals surface area contributed by atoms with Crippen LogP contribution in [0.1, 0.15) is 63.7 Å². The fourth-order valence-electron chi connectivity index (χ4n) is 4.56. The molecular weight excluding hydrogens is 445 g/mol. The van der Waals surface area contributed by atoms with E-state index in [1.807, 2.05) is 0 Å². The van der Waals surface area contributed by atoms with Crippen LogP contribution in [0.25, 0.3) is 0 Å². The molecule has 3 rings (SSSR count). The summed E-state index contributed by atoms with van der Waals surface area (Å²) in [6.07, 6.45) is 2.57. The van der Waals surface area contributed by atoms with Gasteiger partial charge in [-0.05, 0) is 55.2 Å². The summed E-state index contributed by atoms with van der Waals surface area (Å²) in [7, 11) is 0. The molecule has 2 N–H and O–H groups in total. The predicted octanol–water partition coefficient (Wildman–Crippen LogP) is 3.04. The molecule has 0 aromatic heterocycles. The van der Waals surface area contributed by atoms with Crippen molar-refractivity contribution in [3.05, 3.63) is 29.6 Å². The Balaban J connectivity index is 1.55. The standard InChI is InChI=1S/C24H30FN3O6/c1-14(29)26-16-5-6-17(18(25)11-16)19(30)13-34-20(31)12-28-21(32)24(27-22(28)33)9-7-15(8-10-24)23(2,3)4/h5-6,11,15H,7-10,12-13H2,1-4H3,(H,26,29)(H,27,33). The molecule has 34 heavy (non-hydrogen) atoms. The number of esters is 1. The molecule has 9 nitrogen and oxygen atoms in total. The van der Waals surface area contributed by atoms with Crippen molar-refractivity contribution in [3.63, 3.8) is 0 Å². The summed E-state index contributed by atoms with van der Waals surface area (Å²) in [5, 5.41) is 5.14. The summed E-state index contributed by atoms with van der Waals surface area (Å²) in [6.45, 7) is 6.33. The van der Waals surface area contributed by atoms with Crippen LogP contribution in [0.4, 0.5) is 14.9 Å². The number of imide groups is 1. The Kier molecular flexibility index (Phi) is 7.09. The third kappa shape index (κ3) is 5.43. The van der Waals surface area contributed by atoms with Crippen LogP contribution in [0.2, 0.25) is 0 Å². The first kappa shape index (κ1) is 25.3. The number of nitrogens with zero attached hydrogens (tertiary/aromatic N) is 1. The Hall–Kier alpha value is -3.30. The topological polar surface area (TPSA) is 122 Å². The smallest absolute Gasteiger partial charge is 0.326 e. The summed E-state index contributed by atoms with van der Waals surface area (Å²) >= 11 is 0. The molecule has 1 saturated heterocycles. The Morgan fingerprint density at radius 1 is 1.21 bits per heavy atom. The number of nitrogens with one attached hydrogen (secondary N) is 2. The Bertz CT molecular complexity index is 1020. The molecule has 2 aliphatic rings. The molecule has 184 valence electrons. The van der Waals surface area contributed by atoms with Crippen LogP contribution >= 0.6 is 0 Å². The van der Waals surface area contributed by atoms with Crippen molar-refractivity contribution in [2.24, 2.45) is 11.3 Å². The summed E-state index contributed by atoms with van der Waals surface area (Å²) in [5.74, 6) is -3.05. The number of benzene rings is 1. The van der Waals surface area contributed by atoms with Gasteiger partial charge in [-0.3, -0.25) is 24.1 Å². The highest BCUT2D eigenvalue weighted by molar-refractivity contribution is 6.09. The Morgan fingerprint density at radius 2 is 1.85 bits per heavy atom. The second kappa shape index (κ2) is 9.52. The molecule has 1 aromatic rings. The number of anilines is 1. The lowest BCUT2D eigenvalue weighted by molar-refractivity contribution is -0.147. The van der Waals surface area contributed by atoms with E-state index >= 15 is 0 Å². The maximum absolute atomic E-state index is 14.2. The van der Waals surface area contributed by atoms with Crippen LogP contribution in [-0.2, 0) is 19.1 Å². The number of ketones is 1. The SMILES string of the molecule is CC(=O)Nc1ccc(C(=O)COC(=O)CN2C(=O)NC3(CCC(C(C)(C)C)CC3)C2=O)c(F)c1. The Morgan fingerprint density at radius 3 is 2.41 bits per heavy atom. The van der Waals surface area contributed by atoms with Gasteiger partial charge in [-0.1, -0.05) is 20.8 Å². The minimum absolute atomic E-state index is 0.104. The lowest BCUT2D eigenvalue weighted by atomic mass is 9.67. The molecule has 2 fully saturated rings. The van der Waals surface area contributed by atoms with Crippen molar-refractivity contribution in [1.29, 1.82) is 0 Å². The first-order valence-corrected chi connectivity index (χ1v) is 11.2. The number of rotatable bonds is 6. The first-order chi connectivity index (χ1) is 15.8. The molecule has 4 amide bonds. The van der Waals surface area contributed by atoms with E-state index in [2.05, 4.69) is 31.4 Å². The molecule has 1 saturated carbocycles. The number of carbonyl (C=O) groups is 5. The molecule has 0 unspecified atom stereocenters. The van der Waals surface area contributed by atoms with Crippen molar-refractivity contribution in [1.82, 2.24) is 10.2 Å². The van der Waals surface area contributed by atoms with Crippen LogP contribution in [0.3, 0.4) is 0 Å². The van der Waals surface area contributed by atoms with Crippen molar-refractivity contribution < 1.29 is 33.1 Å². The molecule has 0 bridgehead atoms. The van der Waals surface area contributed by atoms with Gasteiger partial charge < -0.3 is 15.4 Å². The van der Waals surface area contributed by atoms with Crippen LogP contribution in [-0.4, -0.2) is 53.2 Å². The van der Waals surface area contributed by atoms with E-state index in [1.54, 1.807) is 0 Å². The van der Waals surface area contributed by atoms with E-state index in [-0.39, 0.29) is 16.7 Å². The second-order valence-electron chi connectivity index (χ2n) is 10.0. The highest BCUT2D eigenvalue weighted by Crippen LogP contribution is 2.43. The number of hydrogen-bond donors (Lipinski definition) is 2. The maximum atomic E-state index is 14.2. The maximum Gasteiger partial charge on any atom is 0.326 e. The number of urea groups is 1. The zero-order chi connectivity index (χ0) is 25.3. The van der Waals surface area contributed by atoms with Crippen LogP contribution in [0, 0.1) is 17.2 Å². The average Bonchev–Trinajstić information content (AvgIpc) is 2.95. The summed E-state index contributed by atoms with van der Waals surface area (Å²) in [6, 6.07) is 2.84. The molecule has 10 heteroatoms. The fourth-order valence-corrected chi connectivity index (χ4v) is 4.56. The average molecular weight is 476 g/mol. The zero-order valence-electron chi connectivity index (χ0n) is 19.8. The predicted molar refractivity (Wildman–Crippen MR) is 120 cm³/mol. The minimum atomic E-state index is -1.01. The van der Waals surface area contributed by atoms with E-state index in [4.69, 9.17) is 4.74 Å².